The number of hydrogen-bond acceptors (Lipinski definition) is 4. The summed E-state index contributed by atoms with van der Waals surface area (Å²) >= 11 is 6.18. The number of nitrogens with zero attached hydrogens (tertiary/aromatic N) is 2. The van der Waals surface area contributed by atoms with Gasteiger partial charge in [-0.3, -0.25) is 13.9 Å². The zero-order valence-electron chi connectivity index (χ0n) is 21.0. The summed E-state index contributed by atoms with van der Waals surface area (Å²) in [5, 5.41) is 3.23. The van der Waals surface area contributed by atoms with Crippen LogP contribution in [0, 0.1) is 0 Å². The number of carbonyl (C=O) groups is 2. The fourth-order valence-corrected chi connectivity index (χ4v) is 5.33. The molecule has 0 saturated heterocycles. The van der Waals surface area contributed by atoms with Crippen LogP contribution in [0.1, 0.15) is 24.0 Å². The molecule has 9 heteroatoms. The number of nitrogens with one attached hydrogen (secondary N) is 1. The molecule has 3 aromatic rings. The predicted octanol–water partition coefficient (Wildman–Crippen LogP) is 4.27. The molecule has 0 heterocycles. The number of hydrogen-bond donors (Lipinski definition) is 1. The van der Waals surface area contributed by atoms with Crippen LogP contribution in [0.25, 0.3) is 0 Å². The van der Waals surface area contributed by atoms with Gasteiger partial charge in [-0.1, -0.05) is 72.3 Å². The number of benzene rings is 3. The molecular formula is C28H32ClN3O4S. The van der Waals surface area contributed by atoms with Crippen molar-refractivity contribution in [1.29, 1.82) is 0 Å². The summed E-state index contributed by atoms with van der Waals surface area (Å²) in [4.78, 5) is 28.2. The third-order valence-corrected chi connectivity index (χ3v) is 7.38. The normalized spacial score (nSPS) is 12.0. The highest BCUT2D eigenvalue weighted by atomic mass is 35.5. The summed E-state index contributed by atoms with van der Waals surface area (Å²) < 4.78 is 26.1. The van der Waals surface area contributed by atoms with Gasteiger partial charge in [0.05, 0.1) is 11.9 Å². The summed E-state index contributed by atoms with van der Waals surface area (Å²) in [6, 6.07) is 24.7. The van der Waals surface area contributed by atoms with Gasteiger partial charge in [0.25, 0.3) is 0 Å². The van der Waals surface area contributed by atoms with Crippen molar-refractivity contribution >= 4 is 39.1 Å². The highest BCUT2D eigenvalue weighted by Crippen LogP contribution is 2.20. The Balaban J connectivity index is 1.83. The zero-order valence-corrected chi connectivity index (χ0v) is 22.6. The van der Waals surface area contributed by atoms with Crippen LogP contribution in [0.2, 0.25) is 5.02 Å². The van der Waals surface area contributed by atoms with E-state index in [1.807, 2.05) is 42.5 Å². The maximum Gasteiger partial charge on any atom is 0.242 e. The van der Waals surface area contributed by atoms with Crippen LogP contribution in [0.15, 0.2) is 84.9 Å². The lowest BCUT2D eigenvalue weighted by molar-refractivity contribution is -0.141. The van der Waals surface area contributed by atoms with Crippen molar-refractivity contribution < 1.29 is 18.0 Å². The monoisotopic (exact) mass is 541 g/mol. The lowest BCUT2D eigenvalue weighted by atomic mass is 10.0. The molecule has 196 valence electrons. The number of amides is 2. The summed E-state index contributed by atoms with van der Waals surface area (Å²) in [6.07, 6.45) is 1.85. The van der Waals surface area contributed by atoms with Gasteiger partial charge in [0, 0.05) is 38.0 Å². The van der Waals surface area contributed by atoms with Gasteiger partial charge in [0.1, 0.15) is 6.04 Å². The minimum Gasteiger partial charge on any atom is -0.357 e. The number of anilines is 1. The van der Waals surface area contributed by atoms with Gasteiger partial charge in [-0.2, -0.15) is 0 Å². The van der Waals surface area contributed by atoms with E-state index in [9.17, 15) is 18.0 Å². The first-order valence-electron chi connectivity index (χ1n) is 12.0. The first kappa shape index (κ1) is 28.2. The molecule has 3 rings (SSSR count). The Kier molecular flexibility index (Phi) is 10.1. The van der Waals surface area contributed by atoms with Crippen molar-refractivity contribution in [3.05, 3.63) is 101 Å². The molecule has 0 radical (unpaired) electrons. The largest absolute Gasteiger partial charge is 0.357 e. The van der Waals surface area contributed by atoms with Crippen molar-refractivity contribution in [3.8, 4) is 0 Å². The number of halogens is 1. The molecule has 1 N–H and O–H groups in total. The summed E-state index contributed by atoms with van der Waals surface area (Å²) in [6.45, 7) is 0.335. The molecule has 1 atom stereocenters. The van der Waals surface area contributed by atoms with Crippen molar-refractivity contribution in [2.45, 2.75) is 31.8 Å². The Morgan fingerprint density at radius 2 is 1.54 bits per heavy atom. The number of sulfonamides is 1. The first-order valence-corrected chi connectivity index (χ1v) is 14.2. The maximum atomic E-state index is 13.6. The molecule has 3 aromatic carbocycles. The van der Waals surface area contributed by atoms with E-state index < -0.39 is 16.1 Å². The lowest BCUT2D eigenvalue weighted by Gasteiger charge is -2.31. The molecule has 0 aromatic heterocycles. The average Bonchev–Trinajstić information content (AvgIpc) is 2.88. The van der Waals surface area contributed by atoms with E-state index in [-0.39, 0.29) is 31.3 Å². The minimum atomic E-state index is -3.53. The standard InChI is InChI=1S/C28H32ClN3O4S/c1-30-28(34)26(20-22-11-5-3-6-12-22)31(21-23-13-9-14-24(29)19-23)27(33)17-10-18-32(37(2,35)36)25-15-7-4-8-16-25/h3-9,11-16,19,26H,10,17-18,20-21H2,1-2H3,(H,30,34)/t26-/m1/s1. The van der Waals surface area contributed by atoms with Gasteiger partial charge >= 0.3 is 0 Å². The molecule has 0 spiro atoms. The number of carbonyl (C=O) groups excluding carboxylic acids is 2. The molecule has 0 bridgehead atoms. The van der Waals surface area contributed by atoms with Gasteiger partial charge in [-0.25, -0.2) is 8.42 Å². The Bertz CT molecular complexity index is 1290. The van der Waals surface area contributed by atoms with Crippen LogP contribution >= 0.6 is 11.6 Å². The van der Waals surface area contributed by atoms with Gasteiger partial charge < -0.3 is 10.2 Å². The quantitative estimate of drug-likeness (QED) is 0.371. The van der Waals surface area contributed by atoms with Gasteiger partial charge in [0.15, 0.2) is 0 Å². The second-order valence-electron chi connectivity index (χ2n) is 8.75. The Hall–Kier alpha value is -3.36. The molecule has 37 heavy (non-hydrogen) atoms. The summed E-state index contributed by atoms with van der Waals surface area (Å²) in [5.41, 5.74) is 2.26. The molecule has 0 saturated carbocycles. The van der Waals surface area contributed by atoms with Crippen LogP contribution in [0.4, 0.5) is 5.69 Å². The summed E-state index contributed by atoms with van der Waals surface area (Å²) in [5.74, 6) is -0.521. The second-order valence-corrected chi connectivity index (χ2v) is 11.1. The molecule has 0 fully saturated rings. The molecule has 0 aliphatic rings. The third-order valence-electron chi connectivity index (χ3n) is 5.96. The molecule has 0 aliphatic heterocycles. The molecule has 0 unspecified atom stereocenters. The van der Waals surface area contributed by atoms with Crippen molar-refractivity contribution in [2.24, 2.45) is 0 Å². The highest BCUT2D eigenvalue weighted by Gasteiger charge is 2.30. The van der Waals surface area contributed by atoms with Crippen LogP contribution in [0.3, 0.4) is 0 Å². The van der Waals surface area contributed by atoms with E-state index in [1.54, 1.807) is 54.4 Å². The predicted molar refractivity (Wildman–Crippen MR) is 148 cm³/mol. The Labute approximate surface area is 224 Å². The smallest absolute Gasteiger partial charge is 0.242 e. The number of para-hydroxylation sites is 1. The van der Waals surface area contributed by atoms with E-state index in [2.05, 4.69) is 5.32 Å². The molecule has 7 nitrogen and oxygen atoms in total. The van der Waals surface area contributed by atoms with Gasteiger partial charge in [0.2, 0.25) is 21.8 Å². The zero-order chi connectivity index (χ0) is 26.8. The van der Waals surface area contributed by atoms with Crippen LogP contribution in [0.5, 0.6) is 0 Å². The average molecular weight is 542 g/mol. The van der Waals surface area contributed by atoms with Gasteiger partial charge in [-0.15, -0.1) is 0 Å². The van der Waals surface area contributed by atoms with E-state index in [4.69, 9.17) is 11.6 Å². The molecular weight excluding hydrogens is 510 g/mol. The fourth-order valence-electron chi connectivity index (χ4n) is 4.15. The van der Waals surface area contributed by atoms with Crippen molar-refractivity contribution in [2.75, 3.05) is 24.2 Å². The van der Waals surface area contributed by atoms with Crippen LogP contribution < -0.4 is 9.62 Å². The second kappa shape index (κ2) is 13.3. The lowest BCUT2D eigenvalue weighted by Crippen LogP contribution is -2.49. The molecule has 0 aliphatic carbocycles. The topological polar surface area (TPSA) is 86.8 Å². The highest BCUT2D eigenvalue weighted by molar-refractivity contribution is 7.92. The van der Waals surface area contributed by atoms with E-state index in [0.29, 0.717) is 23.6 Å². The van der Waals surface area contributed by atoms with E-state index >= 15 is 0 Å². The number of likely N-dealkylation sites (N-methyl/N-ethyl adjacent to an activating group) is 1. The Morgan fingerprint density at radius 1 is 0.919 bits per heavy atom. The number of rotatable bonds is 12. The molecule has 2 amide bonds. The van der Waals surface area contributed by atoms with Crippen LogP contribution in [-0.4, -0.2) is 51.0 Å². The summed E-state index contributed by atoms with van der Waals surface area (Å²) in [7, 11) is -1.99. The minimum absolute atomic E-state index is 0.0711. The Morgan fingerprint density at radius 3 is 2.14 bits per heavy atom. The van der Waals surface area contributed by atoms with Crippen LogP contribution in [-0.2, 0) is 32.6 Å². The van der Waals surface area contributed by atoms with E-state index in [1.165, 1.54) is 4.31 Å². The van der Waals surface area contributed by atoms with Crippen molar-refractivity contribution in [1.82, 2.24) is 10.2 Å². The van der Waals surface area contributed by atoms with Gasteiger partial charge in [-0.05, 0) is 41.8 Å². The SMILES string of the molecule is CNC(=O)[C@@H](Cc1ccccc1)N(Cc1cccc(Cl)c1)C(=O)CCCN(c1ccccc1)S(C)(=O)=O. The maximum absolute atomic E-state index is 13.6. The van der Waals surface area contributed by atoms with Crippen molar-refractivity contribution in [3.63, 3.8) is 0 Å². The fraction of sp³-hybridized carbons (Fsp3) is 0.286. The third kappa shape index (κ3) is 8.33. The first-order chi connectivity index (χ1) is 17.7. The van der Waals surface area contributed by atoms with E-state index in [0.717, 1.165) is 17.4 Å².